The summed E-state index contributed by atoms with van der Waals surface area (Å²) in [4.78, 5) is 33.8. The van der Waals surface area contributed by atoms with E-state index in [0.29, 0.717) is 43.1 Å². The summed E-state index contributed by atoms with van der Waals surface area (Å²) < 4.78 is 12.0. The SMILES string of the molecule is CCC(=O)Nc1ccc2c(c1)C(=O)N(C)C[C@H](OC)[C@@H](C)CN(Cc1ccccn1)[C@H](C)CO2. The lowest BCUT2D eigenvalue weighted by Gasteiger charge is -2.35. The van der Waals surface area contributed by atoms with Crippen LogP contribution in [-0.4, -0.2) is 72.6 Å². The predicted octanol–water partition coefficient (Wildman–Crippen LogP) is 3.44. The summed E-state index contributed by atoms with van der Waals surface area (Å²) in [5.74, 6) is 0.386. The van der Waals surface area contributed by atoms with Gasteiger partial charge in [0, 0.05) is 58.1 Å². The van der Waals surface area contributed by atoms with E-state index in [9.17, 15) is 9.59 Å². The molecule has 3 rings (SSSR count). The first-order valence-electron chi connectivity index (χ1n) is 11.8. The Morgan fingerprint density at radius 3 is 2.71 bits per heavy atom. The minimum absolute atomic E-state index is 0.0709. The van der Waals surface area contributed by atoms with Gasteiger partial charge in [-0.3, -0.25) is 19.5 Å². The van der Waals surface area contributed by atoms with Crippen molar-refractivity contribution < 1.29 is 19.1 Å². The van der Waals surface area contributed by atoms with Gasteiger partial charge in [0.25, 0.3) is 5.91 Å². The van der Waals surface area contributed by atoms with Crippen LogP contribution in [0.2, 0.25) is 0 Å². The summed E-state index contributed by atoms with van der Waals surface area (Å²) in [7, 11) is 3.45. The molecule has 1 N–H and O–H groups in total. The van der Waals surface area contributed by atoms with Crippen LogP contribution in [0.4, 0.5) is 5.69 Å². The van der Waals surface area contributed by atoms with Gasteiger partial charge in [0.2, 0.25) is 5.91 Å². The first-order chi connectivity index (χ1) is 16.3. The molecule has 184 valence electrons. The van der Waals surface area contributed by atoms with Crippen molar-refractivity contribution in [3.05, 3.63) is 53.9 Å². The molecule has 1 aromatic heterocycles. The van der Waals surface area contributed by atoms with E-state index in [2.05, 4.69) is 29.0 Å². The highest BCUT2D eigenvalue weighted by Crippen LogP contribution is 2.27. The maximum atomic E-state index is 13.4. The topological polar surface area (TPSA) is 84.0 Å². The van der Waals surface area contributed by atoms with Gasteiger partial charge in [-0.25, -0.2) is 0 Å². The number of hydrogen-bond donors (Lipinski definition) is 1. The van der Waals surface area contributed by atoms with Gasteiger partial charge in [0.05, 0.1) is 17.4 Å². The second-order valence-electron chi connectivity index (χ2n) is 8.96. The Labute approximate surface area is 202 Å². The summed E-state index contributed by atoms with van der Waals surface area (Å²) in [6, 6.07) is 11.2. The Morgan fingerprint density at radius 1 is 1.24 bits per heavy atom. The van der Waals surface area contributed by atoms with Crippen LogP contribution >= 0.6 is 0 Å². The number of fused-ring (bicyclic) bond motifs is 1. The van der Waals surface area contributed by atoms with Gasteiger partial charge in [0.1, 0.15) is 12.4 Å². The van der Waals surface area contributed by atoms with Crippen LogP contribution in [0, 0.1) is 5.92 Å². The third kappa shape index (κ3) is 6.55. The molecule has 34 heavy (non-hydrogen) atoms. The standard InChI is InChI=1S/C26H36N4O4/c1-6-25(31)28-20-10-11-23-22(13-20)26(32)29(4)16-24(33-5)18(2)14-30(19(3)17-34-23)15-21-9-7-8-12-27-21/h7-13,18-19,24H,6,14-17H2,1-5H3,(H,28,31)/t18-,19+,24-/m0/s1. The maximum absolute atomic E-state index is 13.4. The Balaban J connectivity index is 1.93. The van der Waals surface area contributed by atoms with E-state index in [1.54, 1.807) is 50.4 Å². The van der Waals surface area contributed by atoms with E-state index in [4.69, 9.17) is 9.47 Å². The molecule has 0 unspecified atom stereocenters. The summed E-state index contributed by atoms with van der Waals surface area (Å²) in [6.45, 7) is 8.35. The maximum Gasteiger partial charge on any atom is 0.257 e. The summed E-state index contributed by atoms with van der Waals surface area (Å²) in [5, 5.41) is 2.83. The van der Waals surface area contributed by atoms with Crippen LogP contribution in [-0.2, 0) is 16.1 Å². The number of anilines is 1. The molecule has 1 aliphatic rings. The number of benzene rings is 1. The highest BCUT2D eigenvalue weighted by Gasteiger charge is 2.28. The summed E-state index contributed by atoms with van der Waals surface area (Å²) >= 11 is 0. The van der Waals surface area contributed by atoms with E-state index in [0.717, 1.165) is 12.2 Å². The fourth-order valence-electron chi connectivity index (χ4n) is 4.10. The first-order valence-corrected chi connectivity index (χ1v) is 11.8. The van der Waals surface area contributed by atoms with Crippen molar-refractivity contribution in [3.8, 4) is 5.75 Å². The molecule has 1 aliphatic heterocycles. The van der Waals surface area contributed by atoms with Crippen molar-refractivity contribution in [3.63, 3.8) is 0 Å². The highest BCUT2D eigenvalue weighted by atomic mass is 16.5. The number of aromatic nitrogens is 1. The number of rotatable bonds is 5. The normalized spacial score (nSPS) is 22.2. The second-order valence-corrected chi connectivity index (χ2v) is 8.96. The Hall–Kier alpha value is -2.97. The van der Waals surface area contributed by atoms with Gasteiger partial charge in [-0.05, 0) is 43.2 Å². The third-order valence-corrected chi connectivity index (χ3v) is 6.27. The van der Waals surface area contributed by atoms with Crippen LogP contribution in [0.5, 0.6) is 5.75 Å². The predicted molar refractivity (Wildman–Crippen MR) is 132 cm³/mol. The minimum Gasteiger partial charge on any atom is -0.491 e. The van der Waals surface area contributed by atoms with Crippen LogP contribution in [0.25, 0.3) is 0 Å². The first kappa shape index (κ1) is 25.6. The number of amides is 2. The summed E-state index contributed by atoms with van der Waals surface area (Å²) in [6.07, 6.45) is 2.03. The fraction of sp³-hybridized carbons (Fsp3) is 0.500. The van der Waals surface area contributed by atoms with E-state index in [1.807, 2.05) is 18.2 Å². The number of hydrogen-bond acceptors (Lipinski definition) is 6. The van der Waals surface area contributed by atoms with Crippen molar-refractivity contribution in [1.82, 2.24) is 14.8 Å². The Bertz CT molecular complexity index is 969. The van der Waals surface area contributed by atoms with Crippen LogP contribution in [0.3, 0.4) is 0 Å². The molecule has 2 aromatic rings. The lowest BCUT2D eigenvalue weighted by Crippen LogP contribution is -2.46. The van der Waals surface area contributed by atoms with Gasteiger partial charge < -0.3 is 19.7 Å². The average Bonchev–Trinajstić information content (AvgIpc) is 2.85. The number of likely N-dealkylation sites (N-methyl/N-ethyl adjacent to an activating group) is 1. The fourth-order valence-corrected chi connectivity index (χ4v) is 4.10. The second kappa shape index (κ2) is 11.9. The van der Waals surface area contributed by atoms with Crippen molar-refractivity contribution in [1.29, 1.82) is 0 Å². The van der Waals surface area contributed by atoms with Crippen molar-refractivity contribution in [2.75, 3.05) is 39.2 Å². The van der Waals surface area contributed by atoms with E-state index < -0.39 is 0 Å². The van der Waals surface area contributed by atoms with Crippen molar-refractivity contribution >= 4 is 17.5 Å². The van der Waals surface area contributed by atoms with Crippen LogP contribution in [0.1, 0.15) is 43.2 Å². The average molecular weight is 469 g/mol. The molecule has 0 saturated heterocycles. The van der Waals surface area contributed by atoms with Gasteiger partial charge >= 0.3 is 0 Å². The zero-order valence-electron chi connectivity index (χ0n) is 20.8. The van der Waals surface area contributed by atoms with Gasteiger partial charge in [-0.1, -0.05) is 19.9 Å². The van der Waals surface area contributed by atoms with E-state index in [-0.39, 0.29) is 29.9 Å². The molecule has 1 aromatic carbocycles. The largest absolute Gasteiger partial charge is 0.491 e. The zero-order chi connectivity index (χ0) is 24.7. The summed E-state index contributed by atoms with van der Waals surface area (Å²) in [5.41, 5.74) is 1.99. The molecular formula is C26H36N4O4. The molecule has 2 amide bonds. The molecule has 3 atom stereocenters. The van der Waals surface area contributed by atoms with Crippen molar-refractivity contribution in [2.24, 2.45) is 5.92 Å². The molecule has 0 fully saturated rings. The number of carbonyl (C=O) groups is 2. The Morgan fingerprint density at radius 2 is 2.03 bits per heavy atom. The molecule has 8 nitrogen and oxygen atoms in total. The van der Waals surface area contributed by atoms with Crippen LogP contribution < -0.4 is 10.1 Å². The van der Waals surface area contributed by atoms with Gasteiger partial charge in [0.15, 0.2) is 0 Å². The lowest BCUT2D eigenvalue weighted by molar-refractivity contribution is -0.115. The molecule has 0 bridgehead atoms. The molecular weight excluding hydrogens is 432 g/mol. The highest BCUT2D eigenvalue weighted by molar-refractivity contribution is 5.99. The molecule has 8 heteroatoms. The zero-order valence-corrected chi connectivity index (χ0v) is 20.8. The monoisotopic (exact) mass is 468 g/mol. The molecule has 0 spiro atoms. The molecule has 0 saturated carbocycles. The number of pyridine rings is 1. The van der Waals surface area contributed by atoms with Crippen LogP contribution in [0.15, 0.2) is 42.6 Å². The number of ether oxygens (including phenoxy) is 2. The quantitative estimate of drug-likeness (QED) is 0.724. The van der Waals surface area contributed by atoms with E-state index in [1.165, 1.54) is 0 Å². The molecule has 0 radical (unpaired) electrons. The molecule has 2 heterocycles. The third-order valence-electron chi connectivity index (χ3n) is 6.27. The van der Waals surface area contributed by atoms with Gasteiger partial charge in [-0.15, -0.1) is 0 Å². The Kier molecular flexibility index (Phi) is 9.01. The number of methoxy groups -OCH3 is 1. The minimum atomic E-state index is -0.171. The van der Waals surface area contributed by atoms with E-state index >= 15 is 0 Å². The lowest BCUT2D eigenvalue weighted by atomic mass is 10.0. The number of nitrogens with zero attached hydrogens (tertiary/aromatic N) is 3. The van der Waals surface area contributed by atoms with Crippen molar-refractivity contribution in [2.45, 2.75) is 45.9 Å². The van der Waals surface area contributed by atoms with Gasteiger partial charge in [-0.2, -0.15) is 0 Å². The smallest absolute Gasteiger partial charge is 0.257 e. The number of carbonyl (C=O) groups excluding carboxylic acids is 2. The molecule has 0 aliphatic carbocycles. The number of nitrogens with one attached hydrogen (secondary N) is 1.